The van der Waals surface area contributed by atoms with Gasteiger partial charge < -0.3 is 10.1 Å². The number of likely N-dealkylation sites (tertiary alicyclic amines) is 1. The molecule has 0 radical (unpaired) electrons. The van der Waals surface area contributed by atoms with Gasteiger partial charge in [0, 0.05) is 29.6 Å². The monoisotopic (exact) mass is 426 g/mol. The standard InChI is InChI=1S/C25H34N2O2S/c1-17-18(2)24(29-4)13-12-23(17)19(3)27-14-6-7-20(16-27)15-26-25(28)21-8-10-22(30-5)11-9-21/h8-13,19-20H,6-7,14-16H2,1-5H3,(H,26,28). The number of ether oxygens (including phenoxy) is 1. The second-order valence-corrected chi connectivity index (χ2v) is 9.10. The molecule has 2 unspecified atom stereocenters. The van der Waals surface area contributed by atoms with Crippen molar-refractivity contribution in [2.24, 2.45) is 5.92 Å². The molecule has 1 fully saturated rings. The van der Waals surface area contributed by atoms with Gasteiger partial charge >= 0.3 is 0 Å². The van der Waals surface area contributed by atoms with E-state index in [1.807, 2.05) is 30.5 Å². The van der Waals surface area contributed by atoms with Crippen LogP contribution in [0.25, 0.3) is 0 Å². The highest BCUT2D eigenvalue weighted by atomic mass is 32.2. The number of carbonyl (C=O) groups is 1. The normalized spacial score (nSPS) is 18.1. The Morgan fingerprint density at radius 1 is 1.20 bits per heavy atom. The Morgan fingerprint density at radius 3 is 2.60 bits per heavy atom. The van der Waals surface area contributed by atoms with Crippen molar-refractivity contribution in [1.29, 1.82) is 0 Å². The van der Waals surface area contributed by atoms with Crippen LogP contribution in [0.3, 0.4) is 0 Å². The number of amides is 1. The molecule has 0 spiro atoms. The maximum absolute atomic E-state index is 12.5. The van der Waals surface area contributed by atoms with Crippen LogP contribution in [0, 0.1) is 19.8 Å². The summed E-state index contributed by atoms with van der Waals surface area (Å²) in [6.45, 7) is 9.46. The van der Waals surface area contributed by atoms with Crippen LogP contribution in [-0.4, -0.2) is 43.8 Å². The number of hydrogen-bond acceptors (Lipinski definition) is 4. The van der Waals surface area contributed by atoms with Crippen molar-refractivity contribution in [3.05, 3.63) is 58.7 Å². The molecule has 1 N–H and O–H groups in total. The van der Waals surface area contributed by atoms with Crippen molar-refractivity contribution >= 4 is 17.7 Å². The highest BCUT2D eigenvalue weighted by molar-refractivity contribution is 7.98. The Morgan fingerprint density at radius 2 is 1.93 bits per heavy atom. The van der Waals surface area contributed by atoms with Crippen LogP contribution in [-0.2, 0) is 0 Å². The van der Waals surface area contributed by atoms with Gasteiger partial charge in [0.15, 0.2) is 0 Å². The number of carbonyl (C=O) groups excluding carboxylic acids is 1. The summed E-state index contributed by atoms with van der Waals surface area (Å²) in [5, 5.41) is 3.15. The maximum atomic E-state index is 12.5. The minimum atomic E-state index is 0.0226. The Hall–Kier alpha value is -1.98. The average molecular weight is 427 g/mol. The van der Waals surface area contributed by atoms with Gasteiger partial charge in [-0.25, -0.2) is 0 Å². The molecular weight excluding hydrogens is 392 g/mol. The molecule has 1 heterocycles. The van der Waals surface area contributed by atoms with E-state index < -0.39 is 0 Å². The molecule has 3 rings (SSSR count). The Labute approximate surface area is 185 Å². The van der Waals surface area contributed by atoms with Crippen molar-refractivity contribution in [3.63, 3.8) is 0 Å². The van der Waals surface area contributed by atoms with Gasteiger partial charge in [-0.15, -0.1) is 11.8 Å². The van der Waals surface area contributed by atoms with Crippen LogP contribution in [0.5, 0.6) is 5.75 Å². The first-order valence-electron chi connectivity index (χ1n) is 10.7. The lowest BCUT2D eigenvalue weighted by Crippen LogP contribution is -2.42. The zero-order valence-electron chi connectivity index (χ0n) is 18.8. The molecule has 4 nitrogen and oxygen atoms in total. The number of methoxy groups -OCH3 is 1. The molecular formula is C25H34N2O2S. The summed E-state index contributed by atoms with van der Waals surface area (Å²) in [5.74, 6) is 1.46. The number of piperidine rings is 1. The van der Waals surface area contributed by atoms with Crippen LogP contribution < -0.4 is 10.1 Å². The molecule has 1 saturated heterocycles. The summed E-state index contributed by atoms with van der Waals surface area (Å²) in [6, 6.07) is 12.5. The SMILES string of the molecule is COc1ccc(C(C)N2CCCC(CNC(=O)c3ccc(SC)cc3)C2)c(C)c1C. The first-order valence-corrected chi connectivity index (χ1v) is 12.0. The zero-order chi connectivity index (χ0) is 21.7. The molecule has 5 heteroatoms. The van der Waals surface area contributed by atoms with Gasteiger partial charge in [-0.2, -0.15) is 0 Å². The van der Waals surface area contributed by atoms with Crippen LogP contribution in [0.4, 0.5) is 0 Å². The largest absolute Gasteiger partial charge is 0.496 e. The molecule has 0 saturated carbocycles. The van der Waals surface area contributed by atoms with E-state index in [4.69, 9.17) is 4.74 Å². The topological polar surface area (TPSA) is 41.6 Å². The molecule has 0 bridgehead atoms. The molecule has 2 atom stereocenters. The van der Waals surface area contributed by atoms with Gasteiger partial charge in [0.25, 0.3) is 5.91 Å². The van der Waals surface area contributed by atoms with Crippen molar-refractivity contribution < 1.29 is 9.53 Å². The highest BCUT2D eigenvalue weighted by Gasteiger charge is 2.26. The lowest BCUT2D eigenvalue weighted by atomic mass is 9.92. The molecule has 30 heavy (non-hydrogen) atoms. The van der Waals surface area contributed by atoms with Gasteiger partial charge in [0.2, 0.25) is 0 Å². The summed E-state index contributed by atoms with van der Waals surface area (Å²) in [5.41, 5.74) is 4.63. The fourth-order valence-corrected chi connectivity index (χ4v) is 4.79. The van der Waals surface area contributed by atoms with E-state index in [9.17, 15) is 4.79 Å². The van der Waals surface area contributed by atoms with E-state index in [0.717, 1.165) is 37.4 Å². The summed E-state index contributed by atoms with van der Waals surface area (Å²) in [4.78, 5) is 16.3. The van der Waals surface area contributed by atoms with E-state index in [2.05, 4.69) is 43.1 Å². The molecule has 162 valence electrons. The Balaban J connectivity index is 1.59. The summed E-state index contributed by atoms with van der Waals surface area (Å²) < 4.78 is 5.47. The minimum absolute atomic E-state index is 0.0226. The molecule has 0 aromatic heterocycles. The van der Waals surface area contributed by atoms with Crippen molar-refractivity contribution in [1.82, 2.24) is 10.2 Å². The van der Waals surface area contributed by atoms with Gasteiger partial charge in [-0.3, -0.25) is 9.69 Å². The lowest BCUT2D eigenvalue weighted by Gasteiger charge is -2.38. The van der Waals surface area contributed by atoms with E-state index in [0.29, 0.717) is 12.0 Å². The van der Waals surface area contributed by atoms with Crippen LogP contribution in [0.15, 0.2) is 41.3 Å². The molecule has 1 aliphatic heterocycles. The summed E-state index contributed by atoms with van der Waals surface area (Å²) >= 11 is 1.69. The summed E-state index contributed by atoms with van der Waals surface area (Å²) in [7, 11) is 1.73. The van der Waals surface area contributed by atoms with E-state index in [1.165, 1.54) is 28.0 Å². The van der Waals surface area contributed by atoms with E-state index >= 15 is 0 Å². The minimum Gasteiger partial charge on any atom is -0.496 e. The number of nitrogens with one attached hydrogen (secondary N) is 1. The predicted molar refractivity (Wildman–Crippen MR) is 126 cm³/mol. The second kappa shape index (κ2) is 10.4. The van der Waals surface area contributed by atoms with Crippen molar-refractivity contribution in [2.45, 2.75) is 44.6 Å². The van der Waals surface area contributed by atoms with Crippen LogP contribution >= 0.6 is 11.8 Å². The third kappa shape index (κ3) is 5.19. The fourth-order valence-electron chi connectivity index (χ4n) is 4.38. The van der Waals surface area contributed by atoms with Gasteiger partial charge in [-0.05, 0) is 99.4 Å². The van der Waals surface area contributed by atoms with Crippen molar-refractivity contribution in [2.75, 3.05) is 33.0 Å². The Bertz CT molecular complexity index is 866. The van der Waals surface area contributed by atoms with Gasteiger partial charge in [0.05, 0.1) is 7.11 Å². The Kier molecular flexibility index (Phi) is 7.84. The fraction of sp³-hybridized carbons (Fsp3) is 0.480. The van der Waals surface area contributed by atoms with E-state index in [1.54, 1.807) is 18.9 Å². The second-order valence-electron chi connectivity index (χ2n) is 8.22. The predicted octanol–water partition coefficient (Wildman–Crippen LogP) is 5.24. The zero-order valence-corrected chi connectivity index (χ0v) is 19.6. The maximum Gasteiger partial charge on any atom is 0.251 e. The van der Waals surface area contributed by atoms with Gasteiger partial charge in [-0.1, -0.05) is 6.07 Å². The molecule has 1 aliphatic rings. The van der Waals surface area contributed by atoms with Crippen molar-refractivity contribution in [3.8, 4) is 5.75 Å². The van der Waals surface area contributed by atoms with Gasteiger partial charge in [0.1, 0.15) is 5.75 Å². The summed E-state index contributed by atoms with van der Waals surface area (Å²) in [6.07, 6.45) is 4.37. The number of rotatable bonds is 7. The van der Waals surface area contributed by atoms with Crippen LogP contribution in [0.2, 0.25) is 0 Å². The number of hydrogen-bond donors (Lipinski definition) is 1. The third-order valence-corrected chi connectivity index (χ3v) is 7.19. The average Bonchev–Trinajstić information content (AvgIpc) is 2.79. The smallest absolute Gasteiger partial charge is 0.251 e. The first kappa shape index (κ1) is 22.7. The number of benzene rings is 2. The first-order chi connectivity index (χ1) is 14.4. The molecule has 2 aromatic rings. The lowest BCUT2D eigenvalue weighted by molar-refractivity contribution is 0.0917. The number of thioether (sulfide) groups is 1. The molecule has 0 aliphatic carbocycles. The highest BCUT2D eigenvalue weighted by Crippen LogP contribution is 2.32. The quantitative estimate of drug-likeness (QED) is 0.615. The number of nitrogens with zero attached hydrogens (tertiary/aromatic N) is 1. The molecule has 2 aromatic carbocycles. The molecule has 1 amide bonds. The van der Waals surface area contributed by atoms with E-state index in [-0.39, 0.29) is 5.91 Å². The third-order valence-electron chi connectivity index (χ3n) is 6.45. The van der Waals surface area contributed by atoms with Crippen LogP contribution in [0.1, 0.15) is 52.9 Å².